The highest BCUT2D eigenvalue weighted by Gasteiger charge is 2.41. The molecule has 164 valence electrons. The highest BCUT2D eigenvalue weighted by Crippen LogP contribution is 2.45. The SMILES string of the molecule is CCCC1C(C(C)(C)CC)Cc2ncc(-c3cc(NC)cnc3C)cc2N1CCC. The van der Waals surface area contributed by atoms with Gasteiger partial charge in [0.15, 0.2) is 0 Å². The Bertz CT molecular complexity index is 858. The van der Waals surface area contributed by atoms with Gasteiger partial charge in [-0.15, -0.1) is 0 Å². The Kier molecular flexibility index (Phi) is 7.05. The van der Waals surface area contributed by atoms with Crippen molar-refractivity contribution in [2.24, 2.45) is 11.3 Å². The Balaban J connectivity index is 2.11. The van der Waals surface area contributed by atoms with Gasteiger partial charge in [-0.05, 0) is 49.7 Å². The fourth-order valence-electron chi connectivity index (χ4n) is 4.98. The first-order chi connectivity index (χ1) is 14.4. The van der Waals surface area contributed by atoms with E-state index in [0.29, 0.717) is 17.4 Å². The summed E-state index contributed by atoms with van der Waals surface area (Å²) in [4.78, 5) is 12.3. The average molecular weight is 409 g/mol. The van der Waals surface area contributed by atoms with Gasteiger partial charge in [0.2, 0.25) is 0 Å². The van der Waals surface area contributed by atoms with E-state index in [4.69, 9.17) is 4.98 Å². The first kappa shape index (κ1) is 22.6. The van der Waals surface area contributed by atoms with Gasteiger partial charge in [-0.3, -0.25) is 9.97 Å². The summed E-state index contributed by atoms with van der Waals surface area (Å²) in [5.41, 5.74) is 7.32. The lowest BCUT2D eigenvalue weighted by molar-refractivity contribution is 0.150. The molecule has 0 aromatic carbocycles. The highest BCUT2D eigenvalue weighted by molar-refractivity contribution is 5.73. The zero-order valence-electron chi connectivity index (χ0n) is 20.0. The average Bonchev–Trinajstić information content (AvgIpc) is 2.75. The Morgan fingerprint density at radius 2 is 1.87 bits per heavy atom. The largest absolute Gasteiger partial charge is 0.387 e. The molecule has 3 rings (SSSR count). The van der Waals surface area contributed by atoms with Crippen molar-refractivity contribution in [3.05, 3.63) is 35.9 Å². The molecule has 0 bridgehead atoms. The third-order valence-corrected chi connectivity index (χ3v) is 7.19. The Morgan fingerprint density at radius 3 is 2.50 bits per heavy atom. The van der Waals surface area contributed by atoms with Gasteiger partial charge in [-0.25, -0.2) is 0 Å². The number of nitrogens with one attached hydrogen (secondary N) is 1. The maximum atomic E-state index is 5.03. The molecule has 4 heteroatoms. The minimum atomic E-state index is 0.311. The first-order valence-corrected chi connectivity index (χ1v) is 11.8. The molecule has 1 aliphatic heterocycles. The van der Waals surface area contributed by atoms with Crippen LogP contribution >= 0.6 is 0 Å². The minimum Gasteiger partial charge on any atom is -0.387 e. The van der Waals surface area contributed by atoms with Gasteiger partial charge >= 0.3 is 0 Å². The lowest BCUT2D eigenvalue weighted by atomic mass is 9.67. The van der Waals surface area contributed by atoms with Crippen molar-refractivity contribution in [1.29, 1.82) is 0 Å². The van der Waals surface area contributed by atoms with E-state index in [1.54, 1.807) is 0 Å². The normalized spacial score (nSPS) is 19.0. The molecule has 0 spiro atoms. The predicted molar refractivity (Wildman–Crippen MR) is 129 cm³/mol. The molecule has 0 aliphatic carbocycles. The topological polar surface area (TPSA) is 41.1 Å². The minimum absolute atomic E-state index is 0.311. The van der Waals surface area contributed by atoms with E-state index in [9.17, 15) is 0 Å². The smallest absolute Gasteiger partial charge is 0.0641 e. The molecular formula is C26H40N4. The van der Waals surface area contributed by atoms with Crippen LogP contribution in [0.25, 0.3) is 11.1 Å². The van der Waals surface area contributed by atoms with Gasteiger partial charge in [-0.2, -0.15) is 0 Å². The van der Waals surface area contributed by atoms with Gasteiger partial charge in [0.1, 0.15) is 0 Å². The van der Waals surface area contributed by atoms with Crippen molar-refractivity contribution in [2.75, 3.05) is 23.8 Å². The fraction of sp³-hybridized carbons (Fsp3) is 0.615. The van der Waals surface area contributed by atoms with Crippen molar-refractivity contribution in [3.63, 3.8) is 0 Å². The van der Waals surface area contributed by atoms with Crippen LogP contribution in [0, 0.1) is 18.3 Å². The van der Waals surface area contributed by atoms with E-state index in [1.165, 1.54) is 36.2 Å². The lowest BCUT2D eigenvalue weighted by Crippen LogP contribution is -2.50. The van der Waals surface area contributed by atoms with E-state index in [2.05, 4.69) is 75.1 Å². The third-order valence-electron chi connectivity index (χ3n) is 7.19. The summed E-state index contributed by atoms with van der Waals surface area (Å²) in [6.45, 7) is 15.0. The second-order valence-corrected chi connectivity index (χ2v) is 9.50. The van der Waals surface area contributed by atoms with Crippen LogP contribution in [0.3, 0.4) is 0 Å². The molecule has 1 N–H and O–H groups in total. The molecule has 1 aliphatic rings. The van der Waals surface area contributed by atoms with Crippen molar-refractivity contribution in [2.45, 2.75) is 79.7 Å². The molecular weight excluding hydrogens is 368 g/mol. The van der Waals surface area contributed by atoms with Crippen LogP contribution in [0.1, 0.15) is 71.7 Å². The molecule has 2 aromatic rings. The maximum absolute atomic E-state index is 5.03. The zero-order chi connectivity index (χ0) is 21.9. The summed E-state index contributed by atoms with van der Waals surface area (Å²) in [5, 5.41) is 3.22. The third kappa shape index (κ3) is 4.33. The Morgan fingerprint density at radius 1 is 1.10 bits per heavy atom. The van der Waals surface area contributed by atoms with E-state index in [1.807, 2.05) is 13.2 Å². The monoisotopic (exact) mass is 408 g/mol. The summed E-state index contributed by atoms with van der Waals surface area (Å²) in [6.07, 6.45) is 9.84. The van der Waals surface area contributed by atoms with Crippen molar-refractivity contribution >= 4 is 11.4 Å². The van der Waals surface area contributed by atoms with Crippen LogP contribution in [0.2, 0.25) is 0 Å². The number of rotatable bonds is 8. The van der Waals surface area contributed by atoms with Crippen molar-refractivity contribution < 1.29 is 0 Å². The quantitative estimate of drug-likeness (QED) is 0.542. The molecule has 3 heterocycles. The Labute approximate surface area is 183 Å². The van der Waals surface area contributed by atoms with E-state index < -0.39 is 0 Å². The number of pyridine rings is 2. The molecule has 0 saturated carbocycles. The second-order valence-electron chi connectivity index (χ2n) is 9.50. The number of hydrogen-bond donors (Lipinski definition) is 1. The van der Waals surface area contributed by atoms with Gasteiger partial charge < -0.3 is 10.2 Å². The summed E-state index contributed by atoms with van der Waals surface area (Å²) in [6, 6.07) is 5.14. The number of fused-ring (bicyclic) bond motifs is 1. The first-order valence-electron chi connectivity index (χ1n) is 11.8. The standard InChI is InChI=1S/C26H40N4/c1-8-11-24-22(26(5,6)10-3)15-23-25(30(24)12-9-2)13-19(16-29-23)21-14-20(27-7)17-28-18(21)4/h13-14,16-17,22,24,27H,8-12,15H2,1-7H3. The van der Waals surface area contributed by atoms with E-state index in [0.717, 1.165) is 36.3 Å². The number of hydrogen-bond acceptors (Lipinski definition) is 4. The maximum Gasteiger partial charge on any atom is 0.0641 e. The molecule has 0 amide bonds. The van der Waals surface area contributed by atoms with Gasteiger partial charge in [0.25, 0.3) is 0 Å². The number of aryl methyl sites for hydroxylation is 1. The molecule has 30 heavy (non-hydrogen) atoms. The van der Waals surface area contributed by atoms with E-state index in [-0.39, 0.29) is 0 Å². The summed E-state index contributed by atoms with van der Waals surface area (Å²) >= 11 is 0. The van der Waals surface area contributed by atoms with Crippen LogP contribution in [0.5, 0.6) is 0 Å². The second kappa shape index (κ2) is 9.36. The number of nitrogens with zero attached hydrogens (tertiary/aromatic N) is 3. The molecule has 0 fully saturated rings. The fourth-order valence-corrected chi connectivity index (χ4v) is 4.98. The molecule has 0 saturated heterocycles. The van der Waals surface area contributed by atoms with Crippen molar-refractivity contribution in [1.82, 2.24) is 9.97 Å². The van der Waals surface area contributed by atoms with Crippen LogP contribution in [0.15, 0.2) is 24.5 Å². The summed E-state index contributed by atoms with van der Waals surface area (Å²) < 4.78 is 0. The van der Waals surface area contributed by atoms with Crippen LogP contribution in [-0.4, -0.2) is 29.6 Å². The highest BCUT2D eigenvalue weighted by atomic mass is 15.2. The predicted octanol–water partition coefficient (Wildman–Crippen LogP) is 6.49. The van der Waals surface area contributed by atoms with Gasteiger partial charge in [0.05, 0.1) is 23.3 Å². The van der Waals surface area contributed by atoms with Gasteiger partial charge in [-0.1, -0.05) is 47.5 Å². The Hall–Kier alpha value is -2.10. The molecule has 2 unspecified atom stereocenters. The van der Waals surface area contributed by atoms with Crippen molar-refractivity contribution in [3.8, 4) is 11.1 Å². The van der Waals surface area contributed by atoms with E-state index >= 15 is 0 Å². The number of anilines is 2. The summed E-state index contributed by atoms with van der Waals surface area (Å²) in [7, 11) is 1.94. The molecule has 0 radical (unpaired) electrons. The molecule has 4 nitrogen and oxygen atoms in total. The zero-order valence-corrected chi connectivity index (χ0v) is 20.0. The van der Waals surface area contributed by atoms with Gasteiger partial charge in [0, 0.05) is 42.7 Å². The van der Waals surface area contributed by atoms with Crippen LogP contribution < -0.4 is 10.2 Å². The molecule has 2 aromatic heterocycles. The lowest BCUT2D eigenvalue weighted by Gasteiger charge is -2.49. The molecule has 2 atom stereocenters. The van der Waals surface area contributed by atoms with Crippen LogP contribution in [-0.2, 0) is 6.42 Å². The van der Waals surface area contributed by atoms with Crippen LogP contribution in [0.4, 0.5) is 11.4 Å². The summed E-state index contributed by atoms with van der Waals surface area (Å²) in [5.74, 6) is 0.635. The number of aromatic nitrogens is 2.